The average Bonchev–Trinajstić information content (AvgIpc) is 3.67. The van der Waals surface area contributed by atoms with Crippen molar-refractivity contribution in [3.8, 4) is 17.3 Å². The van der Waals surface area contributed by atoms with Gasteiger partial charge in [-0.15, -0.1) is 15.3 Å². The molecule has 1 saturated heterocycles. The van der Waals surface area contributed by atoms with Crippen molar-refractivity contribution in [1.29, 1.82) is 5.26 Å². The summed E-state index contributed by atoms with van der Waals surface area (Å²) < 4.78 is 31.2. The Morgan fingerprint density at radius 3 is 2.84 bits per heavy atom. The lowest BCUT2D eigenvalue weighted by atomic mass is 10.0. The van der Waals surface area contributed by atoms with Crippen LogP contribution in [0.4, 0.5) is 14.7 Å². The molecule has 0 spiro atoms. The topological polar surface area (TPSA) is 151 Å². The third-order valence-corrected chi connectivity index (χ3v) is 6.74. The highest BCUT2D eigenvalue weighted by Crippen LogP contribution is 2.32. The summed E-state index contributed by atoms with van der Waals surface area (Å²) in [6, 6.07) is 12.8. The molecule has 0 aliphatic carbocycles. The summed E-state index contributed by atoms with van der Waals surface area (Å²) in [6.07, 6.45) is 1.99. The molecule has 0 unspecified atom stereocenters. The maximum Gasteiger partial charge on any atom is 0.223 e. The number of nitrogens with one attached hydrogen (secondary N) is 1. The first-order chi connectivity index (χ1) is 18.5. The van der Waals surface area contributed by atoms with Gasteiger partial charge in [0.05, 0.1) is 17.3 Å². The van der Waals surface area contributed by atoms with E-state index in [1.807, 2.05) is 12.1 Å². The first-order valence-electron chi connectivity index (χ1n) is 12.0. The lowest BCUT2D eigenvalue weighted by Gasteiger charge is -2.23. The standard InChI is InChI=1S/C25H21F2N11/c26-18-7-2-5-15(13-37-9-3-8-20(37)24-32-35-36-33-24)17(18)10-21-31-22-11-19(30-25(29)38(22)34-21)16-6-1-4-14(12-28)23(16)27/h1-2,4-7,11,20H,3,8-10,13H2,(H2,29,30)(H,32,33,35,36)/t20-/m0/s1. The van der Waals surface area contributed by atoms with Gasteiger partial charge in [-0.05, 0) is 48.7 Å². The molecule has 190 valence electrons. The molecule has 1 fully saturated rings. The second-order valence-electron chi connectivity index (χ2n) is 9.03. The Morgan fingerprint density at radius 1 is 1.16 bits per heavy atom. The van der Waals surface area contributed by atoms with Crippen LogP contribution in [-0.4, -0.2) is 51.7 Å². The number of H-pyrrole nitrogens is 1. The molecule has 1 aliphatic rings. The van der Waals surface area contributed by atoms with E-state index in [9.17, 15) is 4.39 Å². The lowest BCUT2D eigenvalue weighted by Crippen LogP contribution is -2.24. The van der Waals surface area contributed by atoms with Gasteiger partial charge >= 0.3 is 0 Å². The molecule has 0 amide bonds. The quantitative estimate of drug-likeness (QED) is 0.349. The molecule has 3 aromatic heterocycles. The van der Waals surface area contributed by atoms with Crippen LogP contribution >= 0.6 is 0 Å². The van der Waals surface area contributed by atoms with Crippen LogP contribution in [0.5, 0.6) is 0 Å². The van der Waals surface area contributed by atoms with Gasteiger partial charge in [0.15, 0.2) is 17.3 Å². The van der Waals surface area contributed by atoms with Crippen LogP contribution in [0.1, 0.15) is 47.2 Å². The van der Waals surface area contributed by atoms with Crippen LogP contribution in [-0.2, 0) is 13.0 Å². The number of nitriles is 1. The van der Waals surface area contributed by atoms with Crippen LogP contribution in [0.25, 0.3) is 16.9 Å². The summed E-state index contributed by atoms with van der Waals surface area (Å²) in [5.41, 5.74) is 7.97. The molecule has 6 rings (SSSR count). The first-order valence-corrected chi connectivity index (χ1v) is 12.0. The number of nitrogens with two attached hydrogens (primary N) is 1. The van der Waals surface area contributed by atoms with Crippen molar-refractivity contribution in [2.45, 2.75) is 31.8 Å². The third-order valence-electron chi connectivity index (χ3n) is 6.74. The molecule has 4 heterocycles. The molecule has 1 aliphatic heterocycles. The van der Waals surface area contributed by atoms with Gasteiger partial charge in [-0.3, -0.25) is 4.90 Å². The number of aromatic amines is 1. The van der Waals surface area contributed by atoms with Crippen molar-refractivity contribution < 1.29 is 8.78 Å². The minimum atomic E-state index is -0.692. The molecule has 0 saturated carbocycles. The van der Waals surface area contributed by atoms with Crippen molar-refractivity contribution in [2.24, 2.45) is 0 Å². The number of anilines is 1. The minimum Gasteiger partial charge on any atom is -0.368 e. The average molecular weight is 514 g/mol. The fourth-order valence-electron chi connectivity index (χ4n) is 4.93. The Morgan fingerprint density at radius 2 is 2.03 bits per heavy atom. The van der Waals surface area contributed by atoms with Gasteiger partial charge in [-0.1, -0.05) is 23.4 Å². The van der Waals surface area contributed by atoms with E-state index in [-0.39, 0.29) is 41.0 Å². The van der Waals surface area contributed by atoms with Crippen molar-refractivity contribution in [3.05, 3.63) is 82.4 Å². The van der Waals surface area contributed by atoms with Gasteiger partial charge < -0.3 is 5.73 Å². The fraction of sp³-hybridized carbons (Fsp3) is 0.240. The van der Waals surface area contributed by atoms with Crippen molar-refractivity contribution >= 4 is 11.6 Å². The molecule has 3 N–H and O–H groups in total. The van der Waals surface area contributed by atoms with Gasteiger partial charge in [0, 0.05) is 24.6 Å². The van der Waals surface area contributed by atoms with Crippen LogP contribution < -0.4 is 5.73 Å². The van der Waals surface area contributed by atoms with Gasteiger partial charge in [0.2, 0.25) is 5.95 Å². The van der Waals surface area contributed by atoms with Crippen LogP contribution in [0.3, 0.4) is 0 Å². The number of likely N-dealkylation sites (tertiary alicyclic amines) is 1. The SMILES string of the molecule is N#Cc1cccc(-c2cc3nc(Cc4c(F)cccc4CN4CCC[C@H]4c4nn[nH]n4)nn3c(N)n2)c1F. The number of nitrogens with zero attached hydrogens (tertiary/aromatic N) is 9. The van der Waals surface area contributed by atoms with Gasteiger partial charge in [0.25, 0.3) is 0 Å². The Balaban J connectivity index is 1.32. The molecular formula is C25H21F2N11. The van der Waals surface area contributed by atoms with Crippen molar-refractivity contribution in [2.75, 3.05) is 12.3 Å². The number of nitrogen functional groups attached to an aromatic ring is 1. The Hall–Kier alpha value is -4.83. The molecule has 2 aromatic carbocycles. The minimum absolute atomic E-state index is 0.00223. The van der Waals surface area contributed by atoms with Crippen LogP contribution in [0, 0.1) is 23.0 Å². The molecule has 0 radical (unpaired) electrons. The third kappa shape index (κ3) is 4.20. The second-order valence-corrected chi connectivity index (χ2v) is 9.03. The zero-order chi connectivity index (χ0) is 26.2. The number of halogens is 2. The number of rotatable bonds is 6. The Kier molecular flexibility index (Phi) is 5.93. The zero-order valence-corrected chi connectivity index (χ0v) is 20.0. The number of benzene rings is 2. The zero-order valence-electron chi connectivity index (χ0n) is 20.0. The first kappa shape index (κ1) is 23.6. The van der Waals surface area contributed by atoms with Gasteiger partial charge in [-0.25, -0.2) is 18.7 Å². The lowest BCUT2D eigenvalue weighted by molar-refractivity contribution is 0.239. The highest BCUT2D eigenvalue weighted by atomic mass is 19.1. The van der Waals surface area contributed by atoms with E-state index < -0.39 is 5.82 Å². The molecule has 1 atom stereocenters. The Labute approximate surface area is 214 Å². The molecule has 13 heteroatoms. The summed E-state index contributed by atoms with van der Waals surface area (Å²) in [7, 11) is 0. The number of tetrazole rings is 1. The van der Waals surface area contributed by atoms with E-state index in [1.165, 1.54) is 28.8 Å². The molecule has 0 bridgehead atoms. The normalized spacial score (nSPS) is 15.8. The molecule has 11 nitrogen and oxygen atoms in total. The highest BCUT2D eigenvalue weighted by Gasteiger charge is 2.30. The monoisotopic (exact) mass is 513 g/mol. The predicted octanol–water partition coefficient (Wildman–Crippen LogP) is 2.96. The summed E-state index contributed by atoms with van der Waals surface area (Å²) in [5.74, 6) is -0.101. The number of aromatic nitrogens is 8. The van der Waals surface area contributed by atoms with E-state index in [0.29, 0.717) is 29.4 Å². The maximum atomic E-state index is 15.1. The van der Waals surface area contributed by atoms with Crippen molar-refractivity contribution in [1.82, 2.24) is 45.1 Å². The van der Waals surface area contributed by atoms with E-state index in [1.54, 1.807) is 12.1 Å². The van der Waals surface area contributed by atoms with E-state index in [0.717, 1.165) is 24.9 Å². The summed E-state index contributed by atoms with van der Waals surface area (Å²) in [4.78, 5) is 11.0. The molecule has 38 heavy (non-hydrogen) atoms. The number of hydrogen-bond acceptors (Lipinski definition) is 9. The molecular weight excluding hydrogens is 492 g/mol. The second kappa shape index (κ2) is 9.56. The van der Waals surface area contributed by atoms with E-state index >= 15 is 4.39 Å². The Bertz CT molecular complexity index is 1670. The fourth-order valence-corrected chi connectivity index (χ4v) is 4.93. The number of hydrogen-bond donors (Lipinski definition) is 2. The van der Waals surface area contributed by atoms with Crippen LogP contribution in [0.15, 0.2) is 42.5 Å². The summed E-state index contributed by atoms with van der Waals surface area (Å²) in [5, 5.41) is 28.0. The van der Waals surface area contributed by atoms with Crippen molar-refractivity contribution in [3.63, 3.8) is 0 Å². The largest absolute Gasteiger partial charge is 0.368 e. The van der Waals surface area contributed by atoms with Crippen LogP contribution in [0.2, 0.25) is 0 Å². The van der Waals surface area contributed by atoms with Gasteiger partial charge in [-0.2, -0.15) is 15.0 Å². The highest BCUT2D eigenvalue weighted by molar-refractivity contribution is 5.67. The number of fused-ring (bicyclic) bond motifs is 1. The predicted molar refractivity (Wildman–Crippen MR) is 131 cm³/mol. The summed E-state index contributed by atoms with van der Waals surface area (Å²) >= 11 is 0. The smallest absolute Gasteiger partial charge is 0.223 e. The van der Waals surface area contributed by atoms with E-state index in [2.05, 4.69) is 40.6 Å². The van der Waals surface area contributed by atoms with Gasteiger partial charge in [0.1, 0.15) is 17.7 Å². The maximum absolute atomic E-state index is 15.1. The molecule has 5 aromatic rings. The van der Waals surface area contributed by atoms with E-state index in [4.69, 9.17) is 11.0 Å². The summed E-state index contributed by atoms with van der Waals surface area (Å²) in [6.45, 7) is 1.33.